The Kier molecular flexibility index (Phi) is 4.62. The highest BCUT2D eigenvalue weighted by Gasteiger charge is 2.07. The van der Waals surface area contributed by atoms with Gasteiger partial charge in [0, 0.05) is 16.0 Å². The molecule has 0 bridgehead atoms. The van der Waals surface area contributed by atoms with Gasteiger partial charge in [-0.2, -0.15) is 0 Å². The first kappa shape index (κ1) is 15.8. The normalized spacial score (nSPS) is 11.0. The smallest absolute Gasteiger partial charge is 0.328 e. The van der Waals surface area contributed by atoms with Crippen molar-refractivity contribution in [1.29, 1.82) is 0 Å². The number of hydrogen-bond donors (Lipinski definition) is 3. The predicted molar refractivity (Wildman–Crippen MR) is 93.6 cm³/mol. The summed E-state index contributed by atoms with van der Waals surface area (Å²) in [5.41, 5.74) is -0.923. The maximum absolute atomic E-state index is 11.7. The molecular formula is C17H13N3O3S. The highest BCUT2D eigenvalue weighted by molar-refractivity contribution is 7.99. The topological polar surface area (TPSA) is 98.3 Å². The highest BCUT2D eigenvalue weighted by Crippen LogP contribution is 2.34. The van der Waals surface area contributed by atoms with E-state index in [-0.39, 0.29) is 5.56 Å². The molecule has 0 saturated heterocycles. The Hall–Kier alpha value is -3.06. The summed E-state index contributed by atoms with van der Waals surface area (Å²) in [6.07, 6.45) is 1.23. The first-order chi connectivity index (χ1) is 11.6. The molecule has 1 aromatic heterocycles. The zero-order chi connectivity index (χ0) is 16.9. The van der Waals surface area contributed by atoms with Crippen LogP contribution in [0.5, 0.6) is 5.88 Å². The number of aromatic hydroxyl groups is 1. The van der Waals surface area contributed by atoms with Crippen LogP contribution in [-0.4, -0.2) is 21.3 Å². The number of aliphatic imine (C=N–C) groups is 1. The Labute approximate surface area is 140 Å². The summed E-state index contributed by atoms with van der Waals surface area (Å²) in [7, 11) is 0. The number of H-pyrrole nitrogens is 2. The van der Waals surface area contributed by atoms with E-state index in [4.69, 9.17) is 0 Å². The molecule has 0 saturated carbocycles. The van der Waals surface area contributed by atoms with E-state index in [0.29, 0.717) is 5.69 Å². The van der Waals surface area contributed by atoms with Gasteiger partial charge in [-0.15, -0.1) is 0 Å². The largest absolute Gasteiger partial charge is 0.494 e. The molecule has 120 valence electrons. The van der Waals surface area contributed by atoms with E-state index >= 15 is 0 Å². The Bertz CT molecular complexity index is 994. The molecule has 0 aliphatic rings. The van der Waals surface area contributed by atoms with E-state index in [1.54, 1.807) is 17.8 Å². The van der Waals surface area contributed by atoms with Crippen LogP contribution in [0.1, 0.15) is 5.56 Å². The molecule has 0 spiro atoms. The monoisotopic (exact) mass is 339 g/mol. The number of rotatable bonds is 4. The molecule has 2 aromatic carbocycles. The third-order valence-electron chi connectivity index (χ3n) is 3.13. The van der Waals surface area contributed by atoms with E-state index in [1.807, 2.05) is 53.5 Å². The fourth-order valence-corrected chi connectivity index (χ4v) is 2.92. The van der Waals surface area contributed by atoms with Gasteiger partial charge < -0.3 is 5.11 Å². The zero-order valence-corrected chi connectivity index (χ0v) is 13.2. The van der Waals surface area contributed by atoms with Gasteiger partial charge in [-0.05, 0) is 24.3 Å². The number of aromatic amines is 2. The molecule has 3 aromatic rings. The van der Waals surface area contributed by atoms with Crippen LogP contribution in [0.2, 0.25) is 0 Å². The van der Waals surface area contributed by atoms with Crippen LogP contribution in [0.25, 0.3) is 0 Å². The van der Waals surface area contributed by atoms with Crippen molar-refractivity contribution in [3.05, 3.63) is 81.0 Å². The Balaban J connectivity index is 1.94. The SMILES string of the molecule is O=c1[nH]c(O)c(C=Nc2ccccc2Sc2ccccc2)c(=O)[nH]1. The number of nitrogens with zero attached hydrogens (tertiary/aromatic N) is 1. The van der Waals surface area contributed by atoms with Gasteiger partial charge in [-0.3, -0.25) is 19.8 Å². The quantitative estimate of drug-likeness (QED) is 0.636. The summed E-state index contributed by atoms with van der Waals surface area (Å²) in [5, 5.41) is 9.68. The lowest BCUT2D eigenvalue weighted by Gasteiger charge is -2.05. The molecule has 0 amide bonds. The molecule has 24 heavy (non-hydrogen) atoms. The zero-order valence-electron chi connectivity index (χ0n) is 12.4. The Morgan fingerprint density at radius 2 is 1.67 bits per heavy atom. The van der Waals surface area contributed by atoms with E-state index in [0.717, 1.165) is 9.79 Å². The van der Waals surface area contributed by atoms with Crippen LogP contribution in [0.15, 0.2) is 79.0 Å². The van der Waals surface area contributed by atoms with E-state index < -0.39 is 17.1 Å². The second kappa shape index (κ2) is 7.01. The molecule has 0 unspecified atom stereocenters. The van der Waals surface area contributed by atoms with Crippen molar-refractivity contribution in [3.8, 4) is 5.88 Å². The lowest BCUT2D eigenvalue weighted by atomic mass is 10.3. The van der Waals surface area contributed by atoms with Crippen molar-refractivity contribution in [2.75, 3.05) is 0 Å². The summed E-state index contributed by atoms with van der Waals surface area (Å²) in [6.45, 7) is 0. The van der Waals surface area contributed by atoms with Gasteiger partial charge in [0.15, 0.2) is 0 Å². The van der Waals surface area contributed by atoms with Crippen molar-refractivity contribution < 1.29 is 5.11 Å². The molecule has 0 aliphatic carbocycles. The van der Waals surface area contributed by atoms with E-state index in [2.05, 4.69) is 9.98 Å². The molecule has 3 N–H and O–H groups in total. The first-order valence-electron chi connectivity index (χ1n) is 7.05. The van der Waals surface area contributed by atoms with Gasteiger partial charge in [0.2, 0.25) is 5.88 Å². The van der Waals surface area contributed by atoms with Crippen molar-refractivity contribution >= 4 is 23.7 Å². The summed E-state index contributed by atoms with van der Waals surface area (Å²) < 4.78 is 0. The minimum absolute atomic E-state index is 0.103. The third kappa shape index (κ3) is 3.64. The van der Waals surface area contributed by atoms with Gasteiger partial charge in [-0.1, -0.05) is 42.1 Å². The highest BCUT2D eigenvalue weighted by atomic mass is 32.2. The summed E-state index contributed by atoms with van der Waals surface area (Å²) in [4.78, 5) is 33.2. The van der Waals surface area contributed by atoms with Crippen LogP contribution in [0, 0.1) is 0 Å². The fourth-order valence-electron chi connectivity index (χ4n) is 2.00. The average Bonchev–Trinajstić information content (AvgIpc) is 2.56. The molecule has 0 atom stereocenters. The predicted octanol–water partition coefficient (Wildman–Crippen LogP) is 2.67. The second-order valence-corrected chi connectivity index (χ2v) is 5.93. The summed E-state index contributed by atoms with van der Waals surface area (Å²) in [6, 6.07) is 17.3. The minimum Gasteiger partial charge on any atom is -0.494 e. The molecule has 3 rings (SSSR count). The van der Waals surface area contributed by atoms with Gasteiger partial charge >= 0.3 is 5.69 Å². The van der Waals surface area contributed by atoms with Crippen molar-refractivity contribution in [2.45, 2.75) is 9.79 Å². The van der Waals surface area contributed by atoms with Crippen molar-refractivity contribution in [2.24, 2.45) is 4.99 Å². The Morgan fingerprint density at radius 3 is 2.42 bits per heavy atom. The first-order valence-corrected chi connectivity index (χ1v) is 7.87. The lowest BCUT2D eigenvalue weighted by molar-refractivity contribution is 0.447. The van der Waals surface area contributed by atoms with Crippen LogP contribution in [0.4, 0.5) is 5.69 Å². The Morgan fingerprint density at radius 1 is 0.958 bits per heavy atom. The summed E-state index contributed by atoms with van der Waals surface area (Å²) in [5.74, 6) is -0.513. The van der Waals surface area contributed by atoms with Gasteiger partial charge in [0.05, 0.1) is 5.69 Å². The van der Waals surface area contributed by atoms with Gasteiger partial charge in [0.25, 0.3) is 5.56 Å². The van der Waals surface area contributed by atoms with E-state index in [9.17, 15) is 14.7 Å². The van der Waals surface area contributed by atoms with Crippen LogP contribution in [-0.2, 0) is 0 Å². The van der Waals surface area contributed by atoms with Gasteiger partial charge in [0.1, 0.15) is 5.56 Å². The average molecular weight is 339 g/mol. The maximum atomic E-state index is 11.7. The fraction of sp³-hybridized carbons (Fsp3) is 0. The lowest BCUT2D eigenvalue weighted by Crippen LogP contribution is -2.24. The van der Waals surface area contributed by atoms with Crippen LogP contribution < -0.4 is 11.2 Å². The molecule has 0 aliphatic heterocycles. The number of benzene rings is 2. The molecule has 0 fully saturated rings. The van der Waals surface area contributed by atoms with Crippen molar-refractivity contribution in [1.82, 2.24) is 9.97 Å². The molecule has 7 heteroatoms. The molecule has 0 radical (unpaired) electrons. The van der Waals surface area contributed by atoms with E-state index in [1.165, 1.54) is 6.21 Å². The van der Waals surface area contributed by atoms with Crippen LogP contribution in [0.3, 0.4) is 0 Å². The third-order valence-corrected chi connectivity index (χ3v) is 4.20. The number of hydrogen-bond acceptors (Lipinski definition) is 5. The van der Waals surface area contributed by atoms with Gasteiger partial charge in [-0.25, -0.2) is 4.79 Å². The minimum atomic E-state index is -0.769. The second-order valence-electron chi connectivity index (χ2n) is 4.81. The molecule has 1 heterocycles. The standard InChI is InChI=1S/C17H13N3O3S/c21-15-12(16(22)20-17(23)19-15)10-18-13-8-4-5-9-14(13)24-11-6-2-1-3-7-11/h1-10H,(H3,19,20,21,22,23). The number of nitrogens with one attached hydrogen (secondary N) is 2. The maximum Gasteiger partial charge on any atom is 0.328 e. The van der Waals surface area contributed by atoms with Crippen molar-refractivity contribution in [3.63, 3.8) is 0 Å². The molecular weight excluding hydrogens is 326 g/mol. The number of para-hydroxylation sites is 1. The molecule has 6 nitrogen and oxygen atoms in total. The van der Waals surface area contributed by atoms with Crippen LogP contribution >= 0.6 is 11.8 Å². The number of aromatic nitrogens is 2. The summed E-state index contributed by atoms with van der Waals surface area (Å²) >= 11 is 1.54.